The van der Waals surface area contributed by atoms with Gasteiger partial charge in [0.25, 0.3) is 0 Å². The number of para-hydroxylation sites is 1. The predicted molar refractivity (Wildman–Crippen MR) is 82.1 cm³/mol. The zero-order chi connectivity index (χ0) is 13.9. The molecule has 1 amide bonds. The number of rotatable bonds is 3. The van der Waals surface area contributed by atoms with Crippen molar-refractivity contribution in [3.63, 3.8) is 0 Å². The Morgan fingerprint density at radius 3 is 2.85 bits per heavy atom. The number of aromatic amines is 1. The number of hydrogen-bond acceptors (Lipinski definition) is 1. The Morgan fingerprint density at radius 2 is 2.00 bits per heavy atom. The van der Waals surface area contributed by atoms with Gasteiger partial charge >= 0.3 is 0 Å². The molecule has 0 saturated heterocycles. The number of hydrogen-bond donors (Lipinski definition) is 2. The van der Waals surface area contributed by atoms with Crippen LogP contribution in [0.5, 0.6) is 0 Å². The SMILES string of the molecule is O=C(Cc1ccc2cc[nH]c2c1)Nc1ccccc1Cl. The Hall–Kier alpha value is -2.26. The highest BCUT2D eigenvalue weighted by molar-refractivity contribution is 6.33. The van der Waals surface area contributed by atoms with Crippen molar-refractivity contribution in [3.8, 4) is 0 Å². The third-order valence-electron chi connectivity index (χ3n) is 3.13. The minimum atomic E-state index is -0.0796. The van der Waals surface area contributed by atoms with E-state index in [1.165, 1.54) is 0 Å². The van der Waals surface area contributed by atoms with Crippen LogP contribution in [0, 0.1) is 0 Å². The lowest BCUT2D eigenvalue weighted by molar-refractivity contribution is -0.115. The number of carbonyl (C=O) groups excluding carboxylic acids is 1. The van der Waals surface area contributed by atoms with Crippen molar-refractivity contribution >= 4 is 34.1 Å². The minimum absolute atomic E-state index is 0.0796. The van der Waals surface area contributed by atoms with Crippen LogP contribution < -0.4 is 5.32 Å². The molecule has 0 bridgehead atoms. The fourth-order valence-corrected chi connectivity index (χ4v) is 2.33. The van der Waals surface area contributed by atoms with Gasteiger partial charge in [-0.25, -0.2) is 0 Å². The summed E-state index contributed by atoms with van der Waals surface area (Å²) in [5.41, 5.74) is 2.64. The topological polar surface area (TPSA) is 44.9 Å². The van der Waals surface area contributed by atoms with Gasteiger partial charge < -0.3 is 10.3 Å². The number of anilines is 1. The second kappa shape index (κ2) is 5.39. The molecule has 0 saturated carbocycles. The van der Waals surface area contributed by atoms with Gasteiger partial charge in [0.15, 0.2) is 0 Å². The average molecular weight is 285 g/mol. The van der Waals surface area contributed by atoms with E-state index >= 15 is 0 Å². The molecule has 100 valence electrons. The highest BCUT2D eigenvalue weighted by atomic mass is 35.5. The van der Waals surface area contributed by atoms with E-state index in [1.54, 1.807) is 12.1 Å². The monoisotopic (exact) mass is 284 g/mol. The third-order valence-corrected chi connectivity index (χ3v) is 3.46. The lowest BCUT2D eigenvalue weighted by Crippen LogP contribution is -2.14. The molecule has 20 heavy (non-hydrogen) atoms. The summed E-state index contributed by atoms with van der Waals surface area (Å²) in [6.45, 7) is 0. The molecule has 0 fully saturated rings. The first kappa shape index (κ1) is 12.8. The van der Waals surface area contributed by atoms with Crippen molar-refractivity contribution in [1.29, 1.82) is 0 Å². The maximum Gasteiger partial charge on any atom is 0.228 e. The van der Waals surface area contributed by atoms with Crippen LogP contribution in [0.3, 0.4) is 0 Å². The van der Waals surface area contributed by atoms with Gasteiger partial charge in [0.2, 0.25) is 5.91 Å². The first-order chi connectivity index (χ1) is 9.72. The zero-order valence-electron chi connectivity index (χ0n) is 10.7. The molecule has 1 aromatic heterocycles. The van der Waals surface area contributed by atoms with Crippen molar-refractivity contribution in [2.45, 2.75) is 6.42 Å². The molecule has 3 nitrogen and oxygen atoms in total. The molecule has 0 unspecified atom stereocenters. The molecule has 0 aliphatic rings. The molecule has 3 rings (SSSR count). The van der Waals surface area contributed by atoms with E-state index < -0.39 is 0 Å². The van der Waals surface area contributed by atoms with Gasteiger partial charge in [-0.05, 0) is 35.2 Å². The minimum Gasteiger partial charge on any atom is -0.361 e. The molecule has 0 aliphatic carbocycles. The summed E-state index contributed by atoms with van der Waals surface area (Å²) < 4.78 is 0. The number of carbonyl (C=O) groups is 1. The van der Waals surface area contributed by atoms with Crippen molar-refractivity contribution in [1.82, 2.24) is 4.98 Å². The number of H-pyrrole nitrogens is 1. The van der Waals surface area contributed by atoms with Gasteiger partial charge in [-0.3, -0.25) is 4.79 Å². The highest BCUT2D eigenvalue weighted by Crippen LogP contribution is 2.21. The number of aromatic nitrogens is 1. The molecule has 0 atom stereocenters. The Kier molecular flexibility index (Phi) is 3.44. The zero-order valence-corrected chi connectivity index (χ0v) is 11.4. The van der Waals surface area contributed by atoms with Crippen LogP contribution >= 0.6 is 11.6 Å². The van der Waals surface area contributed by atoms with E-state index in [9.17, 15) is 4.79 Å². The van der Waals surface area contributed by atoms with Crippen LogP contribution in [-0.2, 0) is 11.2 Å². The van der Waals surface area contributed by atoms with E-state index in [4.69, 9.17) is 11.6 Å². The summed E-state index contributed by atoms with van der Waals surface area (Å²) in [4.78, 5) is 15.2. The summed E-state index contributed by atoms with van der Waals surface area (Å²) >= 11 is 6.02. The van der Waals surface area contributed by atoms with Crippen LogP contribution in [0.25, 0.3) is 10.9 Å². The van der Waals surface area contributed by atoms with E-state index in [0.29, 0.717) is 17.1 Å². The maximum atomic E-state index is 12.0. The molecule has 2 aromatic carbocycles. The van der Waals surface area contributed by atoms with Crippen LogP contribution in [0.4, 0.5) is 5.69 Å². The largest absolute Gasteiger partial charge is 0.361 e. The normalized spacial score (nSPS) is 10.7. The molecule has 3 aromatic rings. The number of benzene rings is 2. The van der Waals surface area contributed by atoms with E-state index in [0.717, 1.165) is 16.5 Å². The number of nitrogens with one attached hydrogen (secondary N) is 2. The first-order valence-corrected chi connectivity index (χ1v) is 6.70. The highest BCUT2D eigenvalue weighted by Gasteiger charge is 2.07. The van der Waals surface area contributed by atoms with E-state index in [2.05, 4.69) is 10.3 Å². The quantitative estimate of drug-likeness (QED) is 0.750. The van der Waals surface area contributed by atoms with E-state index in [-0.39, 0.29) is 5.91 Å². The molecule has 1 heterocycles. The first-order valence-electron chi connectivity index (χ1n) is 6.33. The molecular formula is C16H13ClN2O. The van der Waals surface area contributed by atoms with Crippen molar-refractivity contribution < 1.29 is 4.79 Å². The lowest BCUT2D eigenvalue weighted by Gasteiger charge is -2.07. The summed E-state index contributed by atoms with van der Waals surface area (Å²) in [5.74, 6) is -0.0796. The van der Waals surface area contributed by atoms with Crippen LogP contribution in [0.2, 0.25) is 5.02 Å². The number of fused-ring (bicyclic) bond motifs is 1. The number of amides is 1. The van der Waals surface area contributed by atoms with Crippen LogP contribution in [-0.4, -0.2) is 10.9 Å². The molecule has 0 radical (unpaired) electrons. The summed E-state index contributed by atoms with van der Waals surface area (Å²) in [6, 6.07) is 15.2. The smallest absolute Gasteiger partial charge is 0.228 e. The van der Waals surface area contributed by atoms with Crippen molar-refractivity contribution in [2.24, 2.45) is 0 Å². The van der Waals surface area contributed by atoms with E-state index in [1.807, 2.05) is 42.6 Å². The summed E-state index contributed by atoms with van der Waals surface area (Å²) in [6.07, 6.45) is 2.21. The Balaban J connectivity index is 1.74. The van der Waals surface area contributed by atoms with Crippen LogP contribution in [0.15, 0.2) is 54.7 Å². The van der Waals surface area contributed by atoms with Crippen LogP contribution in [0.1, 0.15) is 5.56 Å². The maximum absolute atomic E-state index is 12.0. The molecule has 0 aliphatic heterocycles. The summed E-state index contributed by atoms with van der Waals surface area (Å²) in [5, 5.41) is 4.50. The standard InChI is InChI=1S/C16H13ClN2O/c17-13-3-1-2-4-14(13)19-16(20)10-11-5-6-12-7-8-18-15(12)9-11/h1-9,18H,10H2,(H,19,20). The second-order valence-corrected chi connectivity index (χ2v) is 5.01. The molecular weight excluding hydrogens is 272 g/mol. The average Bonchev–Trinajstić information content (AvgIpc) is 2.89. The van der Waals surface area contributed by atoms with Crippen molar-refractivity contribution in [3.05, 3.63) is 65.3 Å². The second-order valence-electron chi connectivity index (χ2n) is 4.60. The number of halogens is 1. The Morgan fingerprint density at radius 1 is 1.15 bits per heavy atom. The van der Waals surface area contributed by atoms with Crippen molar-refractivity contribution in [2.75, 3.05) is 5.32 Å². The fraction of sp³-hybridized carbons (Fsp3) is 0.0625. The van der Waals surface area contributed by atoms with Gasteiger partial charge in [-0.1, -0.05) is 35.9 Å². The molecule has 0 spiro atoms. The summed E-state index contributed by atoms with van der Waals surface area (Å²) in [7, 11) is 0. The van der Waals surface area contributed by atoms with Gasteiger partial charge in [0.1, 0.15) is 0 Å². The Bertz CT molecular complexity index is 764. The lowest BCUT2D eigenvalue weighted by atomic mass is 10.1. The van der Waals surface area contributed by atoms with Gasteiger partial charge in [-0.2, -0.15) is 0 Å². The predicted octanol–water partition coefficient (Wildman–Crippen LogP) is 4.00. The van der Waals surface area contributed by atoms with Gasteiger partial charge in [-0.15, -0.1) is 0 Å². The van der Waals surface area contributed by atoms with Gasteiger partial charge in [0.05, 0.1) is 17.1 Å². The Labute approximate surface area is 121 Å². The van der Waals surface area contributed by atoms with Gasteiger partial charge in [0, 0.05) is 11.7 Å². The molecule has 2 N–H and O–H groups in total. The molecule has 4 heteroatoms. The fourth-order valence-electron chi connectivity index (χ4n) is 2.15. The third kappa shape index (κ3) is 2.68.